The fourth-order valence-corrected chi connectivity index (χ4v) is 11.3. The SMILES string of the molecule is C=C/C(C)=C\C1=C(C2=N[C@@H](c3ccccc3)CO2)[C@@]2(CC1(C)C)CC(C)(C)c1cc(C)cc(P(c3ccccc3)c3ccccc3)c12. The number of fused-ring (bicyclic) bond motifs is 2. The lowest BCUT2D eigenvalue weighted by Gasteiger charge is -2.35. The van der Waals surface area contributed by atoms with Crippen molar-refractivity contribution >= 4 is 29.7 Å². The van der Waals surface area contributed by atoms with E-state index >= 15 is 0 Å². The molecule has 2 aliphatic carbocycles. The molecule has 2 nitrogen and oxygen atoms in total. The van der Waals surface area contributed by atoms with Gasteiger partial charge in [-0.15, -0.1) is 0 Å². The summed E-state index contributed by atoms with van der Waals surface area (Å²) in [6.07, 6.45) is 6.36. The lowest BCUT2D eigenvalue weighted by molar-refractivity contribution is 0.300. The first-order chi connectivity index (χ1) is 22.5. The van der Waals surface area contributed by atoms with Crippen LogP contribution < -0.4 is 15.9 Å². The van der Waals surface area contributed by atoms with Crippen LogP contribution >= 0.6 is 7.92 Å². The zero-order valence-corrected chi connectivity index (χ0v) is 29.6. The second-order valence-electron chi connectivity index (χ2n) is 15.0. The molecule has 0 N–H and O–H groups in total. The van der Waals surface area contributed by atoms with Crippen LogP contribution in [0.5, 0.6) is 0 Å². The van der Waals surface area contributed by atoms with Crippen LogP contribution in [0.1, 0.15) is 75.8 Å². The van der Waals surface area contributed by atoms with Crippen LogP contribution in [0, 0.1) is 12.3 Å². The van der Waals surface area contributed by atoms with Gasteiger partial charge in [-0.05, 0) is 83.6 Å². The average Bonchev–Trinajstić information content (AvgIpc) is 3.69. The summed E-state index contributed by atoms with van der Waals surface area (Å²) in [5.74, 6) is 0.825. The van der Waals surface area contributed by atoms with Crippen molar-refractivity contribution in [1.82, 2.24) is 0 Å². The van der Waals surface area contributed by atoms with Gasteiger partial charge in [-0.3, -0.25) is 0 Å². The second-order valence-corrected chi connectivity index (χ2v) is 17.2. The van der Waals surface area contributed by atoms with Crippen LogP contribution in [-0.4, -0.2) is 12.5 Å². The van der Waals surface area contributed by atoms with Crippen molar-refractivity contribution in [2.24, 2.45) is 10.4 Å². The van der Waals surface area contributed by atoms with Gasteiger partial charge in [0.1, 0.15) is 12.6 Å². The van der Waals surface area contributed by atoms with E-state index in [1.54, 1.807) is 0 Å². The average molecular weight is 636 g/mol. The molecule has 0 aromatic heterocycles. The number of aryl methyl sites for hydroxylation is 1. The van der Waals surface area contributed by atoms with Crippen molar-refractivity contribution < 1.29 is 4.74 Å². The van der Waals surface area contributed by atoms with Crippen molar-refractivity contribution in [1.29, 1.82) is 0 Å². The first-order valence-electron chi connectivity index (χ1n) is 16.9. The number of allylic oxidation sites excluding steroid dienone is 4. The summed E-state index contributed by atoms with van der Waals surface area (Å²) >= 11 is 0. The Labute approximate surface area is 282 Å². The maximum atomic E-state index is 6.75. The highest BCUT2D eigenvalue weighted by atomic mass is 31.1. The highest BCUT2D eigenvalue weighted by molar-refractivity contribution is 7.80. The number of rotatable bonds is 7. The molecule has 3 aliphatic rings. The Balaban J connectivity index is 1.55. The van der Waals surface area contributed by atoms with Gasteiger partial charge < -0.3 is 4.74 Å². The maximum Gasteiger partial charge on any atom is 0.213 e. The Morgan fingerprint density at radius 1 is 0.830 bits per heavy atom. The number of aliphatic imine (C=N–C) groups is 1. The molecule has 3 heteroatoms. The van der Waals surface area contributed by atoms with Crippen molar-refractivity contribution in [2.75, 3.05) is 6.61 Å². The highest BCUT2D eigenvalue weighted by Gasteiger charge is 2.60. The van der Waals surface area contributed by atoms with Gasteiger partial charge in [0.25, 0.3) is 0 Å². The van der Waals surface area contributed by atoms with Crippen LogP contribution in [0.2, 0.25) is 0 Å². The number of hydrogen-bond donors (Lipinski definition) is 0. The third-order valence-electron chi connectivity index (χ3n) is 10.4. The Bertz CT molecular complexity index is 1880. The minimum atomic E-state index is -0.825. The van der Waals surface area contributed by atoms with Gasteiger partial charge in [0.15, 0.2) is 0 Å². The van der Waals surface area contributed by atoms with Gasteiger partial charge in [-0.2, -0.15) is 0 Å². The van der Waals surface area contributed by atoms with Gasteiger partial charge in [0, 0.05) is 11.0 Å². The smallest absolute Gasteiger partial charge is 0.213 e. The first-order valence-corrected chi connectivity index (χ1v) is 18.3. The molecule has 0 saturated heterocycles. The summed E-state index contributed by atoms with van der Waals surface area (Å²) in [6.45, 7) is 18.9. The van der Waals surface area contributed by atoms with E-state index in [1.807, 2.05) is 6.08 Å². The summed E-state index contributed by atoms with van der Waals surface area (Å²) in [4.78, 5) is 5.42. The summed E-state index contributed by atoms with van der Waals surface area (Å²) in [6, 6.07) is 37.9. The standard InChI is InChI=1S/C44H46NOP/c1-8-30(2)24-36-40(41-45-37(27-46-41)32-18-12-9-13-19-32)44(29-43(36,6)7)28-42(4,5)35-25-31(3)26-38(39(35)44)47(33-20-14-10-15-21-33)34-22-16-11-17-23-34/h8-26,37H,1,27-29H2,2-7H3/b30-24-/t37-,44-/m1/s1. The van der Waals surface area contributed by atoms with E-state index in [2.05, 4.69) is 157 Å². The van der Waals surface area contributed by atoms with E-state index in [-0.39, 0.29) is 22.3 Å². The van der Waals surface area contributed by atoms with Crippen molar-refractivity contribution in [3.05, 3.63) is 161 Å². The van der Waals surface area contributed by atoms with Gasteiger partial charge >= 0.3 is 0 Å². The highest BCUT2D eigenvalue weighted by Crippen LogP contribution is 2.65. The van der Waals surface area contributed by atoms with Crippen molar-refractivity contribution in [3.63, 3.8) is 0 Å². The van der Waals surface area contributed by atoms with Crippen LogP contribution in [0.4, 0.5) is 0 Å². The minimum absolute atomic E-state index is 0.0117. The minimum Gasteiger partial charge on any atom is -0.475 e. The van der Waals surface area contributed by atoms with Crippen LogP contribution in [0.3, 0.4) is 0 Å². The Kier molecular flexibility index (Phi) is 8.00. The van der Waals surface area contributed by atoms with Crippen molar-refractivity contribution in [2.45, 2.75) is 71.3 Å². The molecule has 4 aromatic carbocycles. The van der Waals surface area contributed by atoms with E-state index in [4.69, 9.17) is 9.73 Å². The fourth-order valence-electron chi connectivity index (χ4n) is 8.63. The van der Waals surface area contributed by atoms with Gasteiger partial charge in [-0.1, -0.05) is 161 Å². The molecular weight excluding hydrogens is 589 g/mol. The first kappa shape index (κ1) is 31.6. The van der Waals surface area contributed by atoms with E-state index in [0.717, 1.165) is 18.7 Å². The zero-order chi connectivity index (χ0) is 33.0. The molecule has 47 heavy (non-hydrogen) atoms. The van der Waals surface area contributed by atoms with E-state index in [9.17, 15) is 0 Å². The predicted molar refractivity (Wildman–Crippen MR) is 201 cm³/mol. The molecule has 1 spiro atoms. The van der Waals surface area contributed by atoms with Gasteiger partial charge in [0.2, 0.25) is 5.90 Å². The summed E-state index contributed by atoms with van der Waals surface area (Å²) in [5, 5.41) is 4.23. The Morgan fingerprint density at radius 2 is 1.40 bits per heavy atom. The number of benzene rings is 4. The lowest BCUT2D eigenvalue weighted by atomic mass is 9.71. The number of ether oxygens (including phenoxy) is 1. The van der Waals surface area contributed by atoms with Crippen molar-refractivity contribution in [3.8, 4) is 0 Å². The molecule has 2 atom stereocenters. The third kappa shape index (κ3) is 5.45. The molecule has 7 rings (SSSR count). The summed E-state index contributed by atoms with van der Waals surface area (Å²) in [7, 11) is -0.825. The van der Waals surface area contributed by atoms with E-state index < -0.39 is 7.92 Å². The Hall–Kier alpha value is -4.00. The molecule has 0 fully saturated rings. The van der Waals surface area contributed by atoms with E-state index in [0.29, 0.717) is 6.61 Å². The molecule has 0 unspecified atom stereocenters. The topological polar surface area (TPSA) is 21.6 Å². The van der Waals surface area contributed by atoms with Crippen LogP contribution in [0.25, 0.3) is 0 Å². The normalized spacial score (nSPS) is 22.8. The maximum absolute atomic E-state index is 6.75. The fraction of sp³-hybridized carbons (Fsp3) is 0.295. The van der Waals surface area contributed by atoms with Crippen LogP contribution in [0.15, 0.2) is 144 Å². The Morgan fingerprint density at radius 3 is 2.00 bits per heavy atom. The lowest BCUT2D eigenvalue weighted by Crippen LogP contribution is -2.36. The summed E-state index contributed by atoms with van der Waals surface area (Å²) in [5.41, 5.74) is 8.91. The molecule has 0 radical (unpaired) electrons. The zero-order valence-electron chi connectivity index (χ0n) is 28.7. The quantitative estimate of drug-likeness (QED) is 0.146. The monoisotopic (exact) mass is 635 g/mol. The predicted octanol–water partition coefficient (Wildman–Crippen LogP) is 9.70. The number of nitrogens with zero attached hydrogens (tertiary/aromatic N) is 1. The van der Waals surface area contributed by atoms with Crippen LogP contribution in [-0.2, 0) is 15.6 Å². The molecule has 0 amide bonds. The van der Waals surface area contributed by atoms with E-state index in [1.165, 1.54) is 54.9 Å². The number of hydrogen-bond acceptors (Lipinski definition) is 2. The van der Waals surface area contributed by atoms with Gasteiger partial charge in [0.05, 0.1) is 0 Å². The van der Waals surface area contributed by atoms with Gasteiger partial charge in [-0.25, -0.2) is 4.99 Å². The molecule has 4 aromatic rings. The molecule has 1 heterocycles. The third-order valence-corrected chi connectivity index (χ3v) is 12.9. The second kappa shape index (κ2) is 11.9. The molecule has 1 aliphatic heterocycles. The largest absolute Gasteiger partial charge is 0.475 e. The molecule has 238 valence electrons. The molecule has 0 bridgehead atoms. The molecular formula is C44H46NOP. The summed E-state index contributed by atoms with van der Waals surface area (Å²) < 4.78 is 6.75. The molecule has 0 saturated carbocycles.